The number of hydrogen-bond acceptors (Lipinski definition) is 1. The van der Waals surface area contributed by atoms with Crippen LogP contribution in [0.15, 0.2) is 0 Å². The molecule has 2 rings (SSSR count). The second kappa shape index (κ2) is 4.26. The Hall–Kier alpha value is -0.330. The highest BCUT2D eigenvalue weighted by Crippen LogP contribution is 2.32. The fraction of sp³-hybridized carbons (Fsp3) is 0.917. The molecule has 2 fully saturated rings. The van der Waals surface area contributed by atoms with Crippen molar-refractivity contribution in [3.05, 3.63) is 0 Å². The van der Waals surface area contributed by atoms with Crippen molar-refractivity contribution in [1.29, 1.82) is 0 Å². The maximum absolute atomic E-state index is 11.7. The van der Waals surface area contributed by atoms with Crippen molar-refractivity contribution < 1.29 is 4.79 Å². The van der Waals surface area contributed by atoms with Crippen molar-refractivity contribution in [2.75, 3.05) is 0 Å². The average Bonchev–Trinajstić information content (AvgIpc) is 2.52. The molecule has 0 heterocycles. The van der Waals surface area contributed by atoms with Crippen LogP contribution in [0.4, 0.5) is 0 Å². The Bertz CT molecular complexity index is 176. The minimum absolute atomic E-state index is 0.458. The van der Waals surface area contributed by atoms with E-state index in [0.29, 0.717) is 11.7 Å². The lowest BCUT2D eigenvalue weighted by molar-refractivity contribution is -0.123. The number of ketones is 1. The summed E-state index contributed by atoms with van der Waals surface area (Å²) in [4.78, 5) is 11.7. The Kier molecular flexibility index (Phi) is 3.02. The smallest absolute Gasteiger partial charge is 0.135 e. The third-order valence-corrected chi connectivity index (χ3v) is 3.83. The number of Topliss-reactive ketones (excluding diaryl/α,β-unsaturated/α-hetero) is 1. The summed E-state index contributed by atoms with van der Waals surface area (Å²) in [5.41, 5.74) is 0. The highest BCUT2D eigenvalue weighted by atomic mass is 16.1. The molecule has 74 valence electrons. The van der Waals surface area contributed by atoms with Crippen molar-refractivity contribution in [1.82, 2.24) is 0 Å². The number of carbonyl (C=O) groups excluding carboxylic acids is 1. The normalized spacial score (nSPS) is 24.6. The van der Waals surface area contributed by atoms with Gasteiger partial charge >= 0.3 is 0 Å². The predicted octanol–water partition coefficient (Wildman–Crippen LogP) is 3.33. The lowest BCUT2D eigenvalue weighted by atomic mass is 9.81. The zero-order valence-corrected chi connectivity index (χ0v) is 8.43. The first-order valence-corrected chi connectivity index (χ1v) is 5.89. The molecule has 0 aliphatic heterocycles. The maximum atomic E-state index is 11.7. The van der Waals surface area contributed by atoms with Crippen molar-refractivity contribution in [2.45, 2.75) is 57.8 Å². The Balaban J connectivity index is 1.65. The average molecular weight is 180 g/mol. The van der Waals surface area contributed by atoms with Gasteiger partial charge in [-0.3, -0.25) is 4.79 Å². The van der Waals surface area contributed by atoms with Crippen molar-refractivity contribution in [2.24, 2.45) is 11.8 Å². The van der Waals surface area contributed by atoms with E-state index in [0.717, 1.165) is 12.3 Å². The summed E-state index contributed by atoms with van der Waals surface area (Å²) < 4.78 is 0. The third-order valence-electron chi connectivity index (χ3n) is 3.83. The van der Waals surface area contributed by atoms with Gasteiger partial charge < -0.3 is 0 Å². The van der Waals surface area contributed by atoms with Gasteiger partial charge in [-0.2, -0.15) is 0 Å². The lowest BCUT2D eigenvalue weighted by Crippen LogP contribution is -2.16. The molecule has 0 radical (unpaired) electrons. The Labute approximate surface area is 80.9 Å². The van der Waals surface area contributed by atoms with Crippen molar-refractivity contribution >= 4 is 5.78 Å². The zero-order valence-electron chi connectivity index (χ0n) is 8.43. The van der Waals surface area contributed by atoms with E-state index in [1.807, 2.05) is 0 Å². The second-order valence-electron chi connectivity index (χ2n) is 4.78. The molecular weight excluding hydrogens is 160 g/mol. The molecule has 0 aromatic heterocycles. The van der Waals surface area contributed by atoms with Gasteiger partial charge in [0.2, 0.25) is 0 Å². The lowest BCUT2D eigenvalue weighted by Gasteiger charge is -2.25. The van der Waals surface area contributed by atoms with E-state index in [9.17, 15) is 4.79 Å². The Morgan fingerprint density at radius 1 is 1.00 bits per heavy atom. The van der Waals surface area contributed by atoms with E-state index in [1.54, 1.807) is 0 Å². The van der Waals surface area contributed by atoms with Crippen molar-refractivity contribution in [3.63, 3.8) is 0 Å². The standard InChI is InChI=1S/C12H20O/c13-12(11-6-1-2-7-11)9-8-10-4-3-5-10/h10-11H,1-9H2. The summed E-state index contributed by atoms with van der Waals surface area (Å²) in [5.74, 6) is 1.94. The zero-order chi connectivity index (χ0) is 9.10. The van der Waals surface area contributed by atoms with Crippen LogP contribution in [0.3, 0.4) is 0 Å². The van der Waals surface area contributed by atoms with Gasteiger partial charge in [-0.1, -0.05) is 32.1 Å². The summed E-state index contributed by atoms with van der Waals surface area (Å²) in [6.45, 7) is 0. The summed E-state index contributed by atoms with van der Waals surface area (Å²) in [5, 5.41) is 0. The van der Waals surface area contributed by atoms with Crippen LogP contribution in [0.1, 0.15) is 57.8 Å². The van der Waals surface area contributed by atoms with Gasteiger partial charge in [-0.15, -0.1) is 0 Å². The molecule has 0 aromatic carbocycles. The topological polar surface area (TPSA) is 17.1 Å². The van der Waals surface area contributed by atoms with Crippen LogP contribution in [0.25, 0.3) is 0 Å². The highest BCUT2D eigenvalue weighted by Gasteiger charge is 2.24. The Morgan fingerprint density at radius 2 is 1.69 bits per heavy atom. The van der Waals surface area contributed by atoms with Crippen LogP contribution in [0.5, 0.6) is 0 Å². The fourth-order valence-corrected chi connectivity index (χ4v) is 2.58. The molecule has 0 amide bonds. The monoisotopic (exact) mass is 180 g/mol. The van der Waals surface area contributed by atoms with E-state index < -0.39 is 0 Å². The molecule has 0 saturated heterocycles. The predicted molar refractivity (Wildman–Crippen MR) is 53.5 cm³/mol. The van der Waals surface area contributed by atoms with Crippen LogP contribution in [0, 0.1) is 11.8 Å². The summed E-state index contributed by atoms with van der Waals surface area (Å²) in [6.07, 6.45) is 11.2. The SMILES string of the molecule is O=C(CCC1CCC1)C1CCCC1. The van der Waals surface area contributed by atoms with E-state index in [-0.39, 0.29) is 0 Å². The van der Waals surface area contributed by atoms with Gasteiger partial charge in [-0.25, -0.2) is 0 Å². The van der Waals surface area contributed by atoms with Gasteiger partial charge in [0.05, 0.1) is 0 Å². The third kappa shape index (κ3) is 2.32. The van der Waals surface area contributed by atoms with Crippen LogP contribution >= 0.6 is 0 Å². The molecule has 2 aliphatic rings. The van der Waals surface area contributed by atoms with E-state index in [1.165, 1.54) is 51.4 Å². The molecule has 2 aliphatic carbocycles. The molecule has 1 heteroatoms. The second-order valence-corrected chi connectivity index (χ2v) is 4.78. The minimum Gasteiger partial charge on any atom is -0.299 e. The van der Waals surface area contributed by atoms with Crippen LogP contribution < -0.4 is 0 Å². The molecule has 0 aromatic rings. The summed E-state index contributed by atoms with van der Waals surface area (Å²) >= 11 is 0. The maximum Gasteiger partial charge on any atom is 0.135 e. The van der Waals surface area contributed by atoms with Crippen molar-refractivity contribution in [3.8, 4) is 0 Å². The summed E-state index contributed by atoms with van der Waals surface area (Å²) in [7, 11) is 0. The first-order chi connectivity index (χ1) is 6.36. The van der Waals surface area contributed by atoms with Gasteiger partial charge in [0.15, 0.2) is 0 Å². The van der Waals surface area contributed by atoms with Gasteiger partial charge in [0, 0.05) is 12.3 Å². The number of hydrogen-bond donors (Lipinski definition) is 0. The molecule has 13 heavy (non-hydrogen) atoms. The molecule has 2 saturated carbocycles. The quantitative estimate of drug-likeness (QED) is 0.648. The first-order valence-electron chi connectivity index (χ1n) is 5.89. The molecule has 0 unspecified atom stereocenters. The minimum atomic E-state index is 0.458. The van der Waals surface area contributed by atoms with E-state index >= 15 is 0 Å². The van der Waals surface area contributed by atoms with E-state index in [4.69, 9.17) is 0 Å². The summed E-state index contributed by atoms with van der Waals surface area (Å²) in [6, 6.07) is 0. The largest absolute Gasteiger partial charge is 0.299 e. The molecule has 1 nitrogen and oxygen atoms in total. The number of rotatable bonds is 4. The van der Waals surface area contributed by atoms with Gasteiger partial charge in [0.25, 0.3) is 0 Å². The molecule has 0 bridgehead atoms. The molecular formula is C12H20O. The van der Waals surface area contributed by atoms with Crippen LogP contribution in [-0.4, -0.2) is 5.78 Å². The van der Waals surface area contributed by atoms with Gasteiger partial charge in [-0.05, 0) is 25.2 Å². The number of carbonyl (C=O) groups is 1. The Morgan fingerprint density at radius 3 is 2.23 bits per heavy atom. The highest BCUT2D eigenvalue weighted by molar-refractivity contribution is 5.81. The van der Waals surface area contributed by atoms with E-state index in [2.05, 4.69) is 0 Å². The molecule has 0 spiro atoms. The van der Waals surface area contributed by atoms with Gasteiger partial charge in [0.1, 0.15) is 5.78 Å². The van der Waals surface area contributed by atoms with Crippen LogP contribution in [0.2, 0.25) is 0 Å². The van der Waals surface area contributed by atoms with Crippen LogP contribution in [-0.2, 0) is 4.79 Å². The first kappa shape index (κ1) is 9.23. The fourth-order valence-electron chi connectivity index (χ4n) is 2.58. The molecule has 0 N–H and O–H groups in total. The molecule has 0 atom stereocenters.